The zero-order valence-corrected chi connectivity index (χ0v) is 11.0. The Kier molecular flexibility index (Phi) is 3.23. The van der Waals surface area contributed by atoms with E-state index in [1.54, 1.807) is 4.72 Å². The first-order valence-corrected chi connectivity index (χ1v) is 7.09. The van der Waals surface area contributed by atoms with Gasteiger partial charge in [-0.15, -0.1) is 0 Å². The van der Waals surface area contributed by atoms with Gasteiger partial charge in [-0.25, -0.2) is 8.42 Å². The Morgan fingerprint density at radius 3 is 2.32 bits per heavy atom. The largest absolute Gasteiger partial charge is 0.407 e. The standard InChI is InChI=1S/C10H10ClF3N2O2S/c11-7-5-6(1-2-8(7)15)19(17,18)16-9(3-4-9)10(12,13)14/h1-2,5,16H,3-4,15H2. The van der Waals surface area contributed by atoms with E-state index in [1.165, 1.54) is 6.07 Å². The van der Waals surface area contributed by atoms with Crippen LogP contribution in [0.2, 0.25) is 5.02 Å². The average Bonchev–Trinajstić information content (AvgIpc) is 3.01. The number of nitrogens with one attached hydrogen (secondary N) is 1. The molecule has 0 aromatic heterocycles. The van der Waals surface area contributed by atoms with E-state index >= 15 is 0 Å². The average molecular weight is 315 g/mol. The van der Waals surface area contributed by atoms with E-state index in [9.17, 15) is 21.6 Å². The molecule has 1 aliphatic rings. The van der Waals surface area contributed by atoms with Crippen molar-refractivity contribution in [1.82, 2.24) is 4.72 Å². The molecule has 2 rings (SSSR count). The summed E-state index contributed by atoms with van der Waals surface area (Å²) in [6, 6.07) is 3.35. The lowest BCUT2D eigenvalue weighted by atomic mass is 10.3. The van der Waals surface area contributed by atoms with Crippen LogP contribution in [-0.4, -0.2) is 20.1 Å². The Bertz CT molecular complexity index is 612. The lowest BCUT2D eigenvalue weighted by Crippen LogP contribution is -2.47. The molecule has 1 saturated carbocycles. The normalized spacial score (nSPS) is 18.3. The topological polar surface area (TPSA) is 72.2 Å². The van der Waals surface area contributed by atoms with Crippen LogP contribution in [-0.2, 0) is 10.0 Å². The third-order valence-electron chi connectivity index (χ3n) is 2.90. The predicted molar refractivity (Wildman–Crippen MR) is 64.2 cm³/mol. The van der Waals surface area contributed by atoms with Crippen molar-refractivity contribution >= 4 is 27.3 Å². The predicted octanol–water partition coefficient (Wildman–Crippen LogP) is 2.30. The quantitative estimate of drug-likeness (QED) is 0.841. The summed E-state index contributed by atoms with van der Waals surface area (Å²) in [6.07, 6.45) is -5.14. The SMILES string of the molecule is Nc1ccc(S(=O)(=O)NC2(C(F)(F)F)CC2)cc1Cl. The number of hydrogen-bond donors (Lipinski definition) is 2. The van der Waals surface area contributed by atoms with Crippen LogP contribution in [0.15, 0.2) is 23.1 Å². The summed E-state index contributed by atoms with van der Waals surface area (Å²) < 4.78 is 63.6. The molecule has 0 unspecified atom stereocenters. The molecule has 4 nitrogen and oxygen atoms in total. The number of benzene rings is 1. The lowest BCUT2D eigenvalue weighted by molar-refractivity contribution is -0.160. The minimum absolute atomic E-state index is 0.0280. The van der Waals surface area contributed by atoms with E-state index in [4.69, 9.17) is 17.3 Å². The fourth-order valence-corrected chi connectivity index (χ4v) is 3.28. The molecule has 9 heteroatoms. The number of nitrogen functional groups attached to an aromatic ring is 1. The number of sulfonamides is 1. The van der Waals surface area contributed by atoms with Gasteiger partial charge < -0.3 is 5.73 Å². The molecule has 0 saturated heterocycles. The number of anilines is 1. The fourth-order valence-electron chi connectivity index (χ4n) is 1.56. The number of rotatable bonds is 3. The zero-order chi connectivity index (χ0) is 14.5. The van der Waals surface area contributed by atoms with Gasteiger partial charge in [-0.05, 0) is 31.0 Å². The number of hydrogen-bond acceptors (Lipinski definition) is 3. The van der Waals surface area contributed by atoms with E-state index in [2.05, 4.69) is 0 Å². The second kappa shape index (κ2) is 4.26. The highest BCUT2D eigenvalue weighted by Crippen LogP contribution is 2.49. The maximum Gasteiger partial charge on any atom is 0.407 e. The molecule has 1 aromatic rings. The molecule has 0 aliphatic heterocycles. The number of alkyl halides is 3. The van der Waals surface area contributed by atoms with Gasteiger partial charge in [0.05, 0.1) is 15.6 Å². The lowest BCUT2D eigenvalue weighted by Gasteiger charge is -2.20. The van der Waals surface area contributed by atoms with Gasteiger partial charge in [0.15, 0.2) is 0 Å². The van der Waals surface area contributed by atoms with Crippen molar-refractivity contribution < 1.29 is 21.6 Å². The third kappa shape index (κ3) is 2.65. The molecule has 0 atom stereocenters. The van der Waals surface area contributed by atoms with Gasteiger partial charge >= 0.3 is 6.18 Å². The van der Waals surface area contributed by atoms with Crippen LogP contribution >= 0.6 is 11.6 Å². The smallest absolute Gasteiger partial charge is 0.398 e. The van der Waals surface area contributed by atoms with Crippen molar-refractivity contribution in [2.24, 2.45) is 0 Å². The summed E-state index contributed by atoms with van der Waals surface area (Å²) in [4.78, 5) is -0.345. The molecule has 1 fully saturated rings. The Balaban J connectivity index is 2.31. The van der Waals surface area contributed by atoms with Gasteiger partial charge in [0.1, 0.15) is 5.54 Å². The summed E-state index contributed by atoms with van der Waals surface area (Å²) >= 11 is 5.66. The van der Waals surface area contributed by atoms with Gasteiger partial charge in [-0.1, -0.05) is 11.6 Å². The molecule has 0 bridgehead atoms. The van der Waals surface area contributed by atoms with Crippen molar-refractivity contribution in [2.75, 3.05) is 5.73 Å². The van der Waals surface area contributed by atoms with Crippen LogP contribution < -0.4 is 10.5 Å². The Hall–Kier alpha value is -0.990. The van der Waals surface area contributed by atoms with Crippen molar-refractivity contribution in [3.63, 3.8) is 0 Å². The van der Waals surface area contributed by atoms with Crippen LogP contribution in [0.4, 0.5) is 18.9 Å². The van der Waals surface area contributed by atoms with Crippen molar-refractivity contribution in [3.05, 3.63) is 23.2 Å². The molecular formula is C10H10ClF3N2O2S. The van der Waals surface area contributed by atoms with Crippen LogP contribution in [0.5, 0.6) is 0 Å². The van der Waals surface area contributed by atoms with Gasteiger partial charge in [0.2, 0.25) is 10.0 Å². The molecule has 106 valence electrons. The van der Waals surface area contributed by atoms with Crippen molar-refractivity contribution in [2.45, 2.75) is 29.5 Å². The van der Waals surface area contributed by atoms with E-state index in [0.29, 0.717) is 0 Å². The summed E-state index contributed by atoms with van der Waals surface area (Å²) in [5, 5.41) is -0.0280. The first-order chi connectivity index (χ1) is 8.57. The highest BCUT2D eigenvalue weighted by molar-refractivity contribution is 7.89. The molecule has 1 aromatic carbocycles. The zero-order valence-electron chi connectivity index (χ0n) is 9.46. The Morgan fingerprint density at radius 1 is 1.32 bits per heavy atom. The number of nitrogens with two attached hydrogens (primary N) is 1. The van der Waals surface area contributed by atoms with Gasteiger partial charge in [-0.3, -0.25) is 0 Å². The highest BCUT2D eigenvalue weighted by atomic mass is 35.5. The van der Waals surface area contributed by atoms with Crippen LogP contribution in [0.1, 0.15) is 12.8 Å². The summed E-state index contributed by atoms with van der Waals surface area (Å²) in [5.41, 5.74) is 3.22. The second-order valence-electron chi connectivity index (χ2n) is 4.37. The van der Waals surface area contributed by atoms with Crippen LogP contribution in [0.3, 0.4) is 0 Å². The minimum Gasteiger partial charge on any atom is -0.398 e. The summed E-state index contributed by atoms with van der Waals surface area (Å²) in [6.45, 7) is 0. The second-order valence-corrected chi connectivity index (χ2v) is 6.46. The molecule has 0 spiro atoms. The molecule has 1 aliphatic carbocycles. The molecule has 3 N–H and O–H groups in total. The Labute approximate surface area is 112 Å². The van der Waals surface area contributed by atoms with E-state index in [1.807, 2.05) is 0 Å². The molecular weight excluding hydrogens is 305 g/mol. The van der Waals surface area contributed by atoms with E-state index < -0.39 is 21.7 Å². The fraction of sp³-hybridized carbons (Fsp3) is 0.400. The van der Waals surface area contributed by atoms with Crippen LogP contribution in [0.25, 0.3) is 0 Å². The maximum atomic E-state index is 12.7. The van der Waals surface area contributed by atoms with Gasteiger partial charge in [0, 0.05) is 0 Å². The van der Waals surface area contributed by atoms with E-state index in [-0.39, 0.29) is 28.4 Å². The number of halogens is 4. The molecule has 0 amide bonds. The maximum absolute atomic E-state index is 12.7. The molecule has 0 radical (unpaired) electrons. The van der Waals surface area contributed by atoms with Gasteiger partial charge in [-0.2, -0.15) is 17.9 Å². The molecule has 19 heavy (non-hydrogen) atoms. The van der Waals surface area contributed by atoms with E-state index in [0.717, 1.165) is 12.1 Å². The Morgan fingerprint density at radius 2 is 1.89 bits per heavy atom. The third-order valence-corrected chi connectivity index (χ3v) is 4.77. The first-order valence-electron chi connectivity index (χ1n) is 5.23. The summed E-state index contributed by atoms with van der Waals surface area (Å²) in [5.74, 6) is 0. The minimum atomic E-state index is -4.61. The summed E-state index contributed by atoms with van der Waals surface area (Å²) in [7, 11) is -4.29. The molecule has 0 heterocycles. The van der Waals surface area contributed by atoms with Crippen LogP contribution in [0, 0.1) is 0 Å². The van der Waals surface area contributed by atoms with Gasteiger partial charge in [0.25, 0.3) is 0 Å². The first kappa shape index (κ1) is 14.4. The monoisotopic (exact) mass is 314 g/mol. The highest BCUT2D eigenvalue weighted by Gasteiger charge is 2.65. The van der Waals surface area contributed by atoms with Crippen molar-refractivity contribution in [3.8, 4) is 0 Å². The van der Waals surface area contributed by atoms with Crippen molar-refractivity contribution in [1.29, 1.82) is 0 Å².